The molecule has 3 N–H and O–H groups in total. The standard InChI is InChI=1S/C14H28N2O/c1-12(15)9-10-14(17)16-11-5-8-13-6-3-2-4-7-13/h12-13H,2-11,15H2,1H3,(H,16,17). The molecule has 0 bridgehead atoms. The predicted octanol–water partition coefficient (Wildman–Crippen LogP) is 2.59. The molecule has 1 fully saturated rings. The van der Waals surface area contributed by atoms with E-state index in [0.717, 1.165) is 25.3 Å². The van der Waals surface area contributed by atoms with E-state index in [9.17, 15) is 4.79 Å². The average Bonchev–Trinajstić information content (AvgIpc) is 2.33. The van der Waals surface area contributed by atoms with Gasteiger partial charge in [0, 0.05) is 19.0 Å². The number of hydrogen-bond donors (Lipinski definition) is 2. The Balaban J connectivity index is 1.94. The lowest BCUT2D eigenvalue weighted by Gasteiger charge is -2.21. The Morgan fingerprint density at radius 2 is 2.06 bits per heavy atom. The van der Waals surface area contributed by atoms with Crippen molar-refractivity contribution >= 4 is 5.91 Å². The van der Waals surface area contributed by atoms with Gasteiger partial charge in [0.1, 0.15) is 0 Å². The van der Waals surface area contributed by atoms with E-state index < -0.39 is 0 Å². The van der Waals surface area contributed by atoms with Gasteiger partial charge in [-0.05, 0) is 32.1 Å². The molecular weight excluding hydrogens is 212 g/mol. The van der Waals surface area contributed by atoms with Crippen LogP contribution in [0.5, 0.6) is 0 Å². The molecule has 1 aliphatic rings. The van der Waals surface area contributed by atoms with Crippen molar-refractivity contribution in [3.05, 3.63) is 0 Å². The number of amides is 1. The second-order valence-electron chi connectivity index (χ2n) is 5.51. The van der Waals surface area contributed by atoms with Crippen molar-refractivity contribution < 1.29 is 4.79 Å². The Labute approximate surface area is 106 Å². The van der Waals surface area contributed by atoms with E-state index in [1.54, 1.807) is 0 Å². The summed E-state index contributed by atoms with van der Waals surface area (Å²) in [5, 5.41) is 2.98. The molecule has 0 aromatic heterocycles. The van der Waals surface area contributed by atoms with Crippen LogP contribution in [0, 0.1) is 5.92 Å². The maximum atomic E-state index is 11.4. The smallest absolute Gasteiger partial charge is 0.220 e. The molecule has 0 aromatic carbocycles. The summed E-state index contributed by atoms with van der Waals surface area (Å²) in [6, 6.07) is 0.128. The number of carbonyl (C=O) groups is 1. The third kappa shape index (κ3) is 7.37. The summed E-state index contributed by atoms with van der Waals surface area (Å²) in [4.78, 5) is 11.4. The highest BCUT2D eigenvalue weighted by atomic mass is 16.1. The van der Waals surface area contributed by atoms with Crippen molar-refractivity contribution in [3.8, 4) is 0 Å². The van der Waals surface area contributed by atoms with Crippen LogP contribution in [0.1, 0.15) is 64.7 Å². The Hall–Kier alpha value is -0.570. The normalized spacial score (nSPS) is 18.9. The highest BCUT2D eigenvalue weighted by molar-refractivity contribution is 5.75. The van der Waals surface area contributed by atoms with Gasteiger partial charge in [0.05, 0.1) is 0 Å². The van der Waals surface area contributed by atoms with Crippen molar-refractivity contribution in [2.75, 3.05) is 6.54 Å². The molecule has 1 amide bonds. The fourth-order valence-electron chi connectivity index (χ4n) is 2.54. The van der Waals surface area contributed by atoms with Gasteiger partial charge in [-0.3, -0.25) is 4.79 Å². The molecule has 3 nitrogen and oxygen atoms in total. The molecule has 0 radical (unpaired) electrons. The van der Waals surface area contributed by atoms with E-state index >= 15 is 0 Å². The first kappa shape index (κ1) is 14.5. The molecule has 17 heavy (non-hydrogen) atoms. The molecule has 0 spiro atoms. The summed E-state index contributed by atoms with van der Waals surface area (Å²) in [5.41, 5.74) is 5.61. The van der Waals surface area contributed by atoms with Gasteiger partial charge in [0.2, 0.25) is 5.91 Å². The van der Waals surface area contributed by atoms with Gasteiger partial charge in [-0.25, -0.2) is 0 Å². The van der Waals surface area contributed by atoms with E-state index in [-0.39, 0.29) is 11.9 Å². The molecular formula is C14H28N2O. The second kappa shape index (κ2) is 8.51. The van der Waals surface area contributed by atoms with E-state index in [1.807, 2.05) is 6.92 Å². The predicted molar refractivity (Wildman–Crippen MR) is 71.7 cm³/mol. The van der Waals surface area contributed by atoms with E-state index in [1.165, 1.54) is 38.5 Å². The fraction of sp³-hybridized carbons (Fsp3) is 0.929. The molecule has 1 unspecified atom stereocenters. The first-order valence-electron chi connectivity index (χ1n) is 7.20. The van der Waals surface area contributed by atoms with E-state index in [2.05, 4.69) is 5.32 Å². The monoisotopic (exact) mass is 240 g/mol. The zero-order valence-corrected chi connectivity index (χ0v) is 11.2. The van der Waals surface area contributed by atoms with Crippen LogP contribution in [0.25, 0.3) is 0 Å². The van der Waals surface area contributed by atoms with Crippen molar-refractivity contribution in [3.63, 3.8) is 0 Å². The average molecular weight is 240 g/mol. The third-order valence-electron chi connectivity index (χ3n) is 3.66. The molecule has 0 aliphatic heterocycles. The van der Waals surface area contributed by atoms with Gasteiger partial charge < -0.3 is 11.1 Å². The molecule has 1 atom stereocenters. The fourth-order valence-corrected chi connectivity index (χ4v) is 2.54. The lowest BCUT2D eigenvalue weighted by molar-refractivity contribution is -0.121. The molecule has 0 heterocycles. The van der Waals surface area contributed by atoms with Crippen LogP contribution in [-0.4, -0.2) is 18.5 Å². The summed E-state index contributed by atoms with van der Waals surface area (Å²) in [6.45, 7) is 2.78. The molecule has 100 valence electrons. The Morgan fingerprint density at radius 1 is 1.35 bits per heavy atom. The van der Waals surface area contributed by atoms with Crippen molar-refractivity contribution in [2.45, 2.75) is 70.8 Å². The zero-order valence-electron chi connectivity index (χ0n) is 11.2. The number of rotatable bonds is 7. The van der Waals surface area contributed by atoms with Crippen molar-refractivity contribution in [1.29, 1.82) is 0 Å². The Kier molecular flexibility index (Phi) is 7.25. The largest absolute Gasteiger partial charge is 0.356 e. The maximum Gasteiger partial charge on any atom is 0.220 e. The van der Waals surface area contributed by atoms with Crippen LogP contribution < -0.4 is 11.1 Å². The first-order valence-corrected chi connectivity index (χ1v) is 7.20. The maximum absolute atomic E-state index is 11.4. The molecule has 1 rings (SSSR count). The highest BCUT2D eigenvalue weighted by Crippen LogP contribution is 2.26. The van der Waals surface area contributed by atoms with Gasteiger partial charge in [0.15, 0.2) is 0 Å². The molecule has 1 aliphatic carbocycles. The summed E-state index contributed by atoms with van der Waals surface area (Å²) < 4.78 is 0. The summed E-state index contributed by atoms with van der Waals surface area (Å²) >= 11 is 0. The van der Waals surface area contributed by atoms with Gasteiger partial charge in [-0.15, -0.1) is 0 Å². The van der Waals surface area contributed by atoms with Crippen LogP contribution in [0.2, 0.25) is 0 Å². The lowest BCUT2D eigenvalue weighted by atomic mass is 9.86. The third-order valence-corrected chi connectivity index (χ3v) is 3.66. The van der Waals surface area contributed by atoms with Crippen LogP contribution in [0.3, 0.4) is 0 Å². The molecule has 0 saturated heterocycles. The number of nitrogens with two attached hydrogens (primary N) is 1. The quantitative estimate of drug-likeness (QED) is 0.672. The van der Waals surface area contributed by atoms with Crippen molar-refractivity contribution in [2.24, 2.45) is 11.7 Å². The minimum absolute atomic E-state index is 0.128. The van der Waals surface area contributed by atoms with Crippen LogP contribution >= 0.6 is 0 Å². The number of carbonyl (C=O) groups excluding carboxylic acids is 1. The van der Waals surface area contributed by atoms with E-state index in [4.69, 9.17) is 5.73 Å². The van der Waals surface area contributed by atoms with Crippen LogP contribution in [0.4, 0.5) is 0 Å². The van der Waals surface area contributed by atoms with Gasteiger partial charge in [-0.1, -0.05) is 32.1 Å². The SMILES string of the molecule is CC(N)CCC(=O)NCCCC1CCCCC1. The Bertz CT molecular complexity index is 210. The molecule has 3 heteroatoms. The topological polar surface area (TPSA) is 55.1 Å². The lowest BCUT2D eigenvalue weighted by Crippen LogP contribution is -2.27. The minimum atomic E-state index is 0.128. The summed E-state index contributed by atoms with van der Waals surface area (Å²) in [7, 11) is 0. The zero-order chi connectivity index (χ0) is 12.5. The van der Waals surface area contributed by atoms with Crippen LogP contribution in [-0.2, 0) is 4.79 Å². The van der Waals surface area contributed by atoms with E-state index in [0.29, 0.717) is 6.42 Å². The number of nitrogens with one attached hydrogen (secondary N) is 1. The number of hydrogen-bond acceptors (Lipinski definition) is 2. The van der Waals surface area contributed by atoms with Gasteiger partial charge >= 0.3 is 0 Å². The van der Waals surface area contributed by atoms with Gasteiger partial charge in [-0.2, -0.15) is 0 Å². The second-order valence-corrected chi connectivity index (χ2v) is 5.51. The van der Waals surface area contributed by atoms with Gasteiger partial charge in [0.25, 0.3) is 0 Å². The molecule has 1 saturated carbocycles. The summed E-state index contributed by atoms with van der Waals surface area (Å²) in [5.74, 6) is 1.08. The summed E-state index contributed by atoms with van der Waals surface area (Å²) in [6.07, 6.45) is 10.8. The highest BCUT2D eigenvalue weighted by Gasteiger charge is 2.12. The first-order chi connectivity index (χ1) is 8.18. The molecule has 0 aromatic rings. The minimum Gasteiger partial charge on any atom is -0.356 e. The van der Waals surface area contributed by atoms with Crippen LogP contribution in [0.15, 0.2) is 0 Å². The Morgan fingerprint density at radius 3 is 2.71 bits per heavy atom. The van der Waals surface area contributed by atoms with Crippen molar-refractivity contribution in [1.82, 2.24) is 5.32 Å².